The second kappa shape index (κ2) is 5.07. The van der Waals surface area contributed by atoms with E-state index in [1.54, 1.807) is 0 Å². The molecule has 4 heteroatoms. The van der Waals surface area contributed by atoms with Gasteiger partial charge in [0, 0.05) is 23.1 Å². The number of benzene rings is 1. The lowest BCUT2D eigenvalue weighted by molar-refractivity contribution is 0.550. The number of hydrogen-bond acceptors (Lipinski definition) is 2. The number of rotatable bonds is 2. The van der Waals surface area contributed by atoms with Crippen molar-refractivity contribution in [1.82, 2.24) is 9.78 Å². The molecule has 0 aliphatic heterocycles. The fourth-order valence-electron chi connectivity index (χ4n) is 2.80. The predicted molar refractivity (Wildman–Crippen MR) is 74.5 cm³/mol. The van der Waals surface area contributed by atoms with Crippen LogP contribution >= 0.6 is 11.6 Å². The quantitative estimate of drug-likeness (QED) is 0.832. The third kappa shape index (κ3) is 2.24. The van der Waals surface area contributed by atoms with Crippen LogP contribution < -0.4 is 0 Å². The fraction of sp³-hybridized carbons (Fsp3) is 0.333. The third-order valence-electron chi connectivity index (χ3n) is 3.70. The van der Waals surface area contributed by atoms with E-state index in [0.717, 1.165) is 24.9 Å². The summed E-state index contributed by atoms with van der Waals surface area (Å²) in [6, 6.07) is 10.00. The molecule has 1 aromatic heterocycles. The van der Waals surface area contributed by atoms with Crippen molar-refractivity contribution in [3.05, 3.63) is 46.7 Å². The molecule has 3 nitrogen and oxygen atoms in total. The standard InChI is InChI=1S/C15H14ClN3/c16-12-4-2-5-13(9-12)19-15-6-1-3-11(7-8-17)14(15)10-18-19/h2,4-5,9-11H,1,3,6-7H2. The molecular formula is C15H14ClN3. The van der Waals surface area contributed by atoms with Crippen molar-refractivity contribution in [1.29, 1.82) is 5.26 Å². The summed E-state index contributed by atoms with van der Waals surface area (Å²) in [6.45, 7) is 0. The summed E-state index contributed by atoms with van der Waals surface area (Å²) < 4.78 is 1.96. The van der Waals surface area contributed by atoms with E-state index in [0.29, 0.717) is 17.4 Å². The van der Waals surface area contributed by atoms with Gasteiger partial charge < -0.3 is 0 Å². The smallest absolute Gasteiger partial charge is 0.0663 e. The van der Waals surface area contributed by atoms with E-state index in [1.807, 2.05) is 35.1 Å². The zero-order chi connectivity index (χ0) is 13.2. The first-order valence-electron chi connectivity index (χ1n) is 6.49. The van der Waals surface area contributed by atoms with Crippen molar-refractivity contribution < 1.29 is 0 Å². The van der Waals surface area contributed by atoms with Gasteiger partial charge in [0.05, 0.1) is 18.0 Å². The highest BCUT2D eigenvalue weighted by Crippen LogP contribution is 2.34. The summed E-state index contributed by atoms with van der Waals surface area (Å²) in [6.07, 6.45) is 5.71. The molecule has 0 saturated heterocycles. The molecule has 1 aliphatic rings. The SMILES string of the molecule is N#CCC1CCCc2c1cnn2-c1cccc(Cl)c1. The normalized spacial score (nSPS) is 17.8. The molecule has 2 aromatic rings. The number of hydrogen-bond donors (Lipinski definition) is 0. The summed E-state index contributed by atoms with van der Waals surface area (Å²) in [5.74, 6) is 0.335. The van der Waals surface area contributed by atoms with Gasteiger partial charge in [0.25, 0.3) is 0 Å². The van der Waals surface area contributed by atoms with E-state index in [4.69, 9.17) is 16.9 Å². The molecule has 0 spiro atoms. The van der Waals surface area contributed by atoms with E-state index in [9.17, 15) is 0 Å². The largest absolute Gasteiger partial charge is 0.237 e. The van der Waals surface area contributed by atoms with Crippen molar-refractivity contribution >= 4 is 11.6 Å². The summed E-state index contributed by atoms with van der Waals surface area (Å²) in [5.41, 5.74) is 3.45. The lowest BCUT2D eigenvalue weighted by Crippen LogP contribution is -2.11. The van der Waals surface area contributed by atoms with Gasteiger partial charge in [0.15, 0.2) is 0 Å². The first-order chi connectivity index (χ1) is 9.29. The van der Waals surface area contributed by atoms with E-state index in [-0.39, 0.29) is 0 Å². The Balaban J connectivity index is 2.04. The highest BCUT2D eigenvalue weighted by Gasteiger charge is 2.24. The minimum absolute atomic E-state index is 0.335. The Morgan fingerprint density at radius 1 is 1.47 bits per heavy atom. The number of nitriles is 1. The molecule has 0 fully saturated rings. The number of fused-ring (bicyclic) bond motifs is 1. The van der Waals surface area contributed by atoms with Crippen molar-refractivity contribution in [2.24, 2.45) is 0 Å². The van der Waals surface area contributed by atoms with Crippen LogP contribution in [0.2, 0.25) is 5.02 Å². The Kier molecular flexibility index (Phi) is 3.27. The molecule has 0 N–H and O–H groups in total. The Morgan fingerprint density at radius 2 is 2.37 bits per heavy atom. The van der Waals surface area contributed by atoms with Crippen LogP contribution in [0, 0.1) is 11.3 Å². The molecule has 3 rings (SSSR count). The van der Waals surface area contributed by atoms with Gasteiger partial charge in [-0.15, -0.1) is 0 Å². The van der Waals surface area contributed by atoms with Crippen LogP contribution in [0.1, 0.15) is 36.4 Å². The molecular weight excluding hydrogens is 258 g/mol. The molecule has 1 atom stereocenters. The van der Waals surface area contributed by atoms with Gasteiger partial charge in [-0.3, -0.25) is 0 Å². The van der Waals surface area contributed by atoms with Crippen molar-refractivity contribution in [2.75, 3.05) is 0 Å². The molecule has 19 heavy (non-hydrogen) atoms. The summed E-state index contributed by atoms with van der Waals surface area (Å²) in [5, 5.41) is 14.1. The van der Waals surface area contributed by atoms with Crippen LogP contribution in [0.3, 0.4) is 0 Å². The Hall–Kier alpha value is -1.79. The number of aromatic nitrogens is 2. The van der Waals surface area contributed by atoms with Gasteiger partial charge in [-0.1, -0.05) is 17.7 Å². The van der Waals surface area contributed by atoms with Crippen LogP contribution in [0.4, 0.5) is 0 Å². The van der Waals surface area contributed by atoms with Crippen molar-refractivity contribution in [3.63, 3.8) is 0 Å². The average Bonchev–Trinajstić information content (AvgIpc) is 2.84. The molecule has 1 aromatic carbocycles. The molecule has 96 valence electrons. The number of halogens is 1. The minimum atomic E-state index is 0.335. The summed E-state index contributed by atoms with van der Waals surface area (Å²) in [7, 11) is 0. The molecule has 0 bridgehead atoms. The minimum Gasteiger partial charge on any atom is -0.237 e. The molecule has 0 saturated carbocycles. The van der Waals surface area contributed by atoms with Crippen LogP contribution in [-0.2, 0) is 6.42 Å². The highest BCUT2D eigenvalue weighted by atomic mass is 35.5. The maximum absolute atomic E-state index is 8.91. The number of nitrogens with zero attached hydrogens (tertiary/aromatic N) is 3. The van der Waals surface area contributed by atoms with Crippen molar-refractivity contribution in [3.8, 4) is 11.8 Å². The second-order valence-corrected chi connectivity index (χ2v) is 5.33. The maximum atomic E-state index is 8.91. The maximum Gasteiger partial charge on any atom is 0.0663 e. The molecule has 1 heterocycles. The fourth-order valence-corrected chi connectivity index (χ4v) is 2.99. The highest BCUT2D eigenvalue weighted by molar-refractivity contribution is 6.30. The Bertz CT molecular complexity index is 639. The van der Waals surface area contributed by atoms with Gasteiger partial charge in [-0.25, -0.2) is 4.68 Å². The zero-order valence-electron chi connectivity index (χ0n) is 10.5. The topological polar surface area (TPSA) is 41.6 Å². The Labute approximate surface area is 117 Å². The average molecular weight is 272 g/mol. The molecule has 0 radical (unpaired) electrons. The van der Waals surface area contributed by atoms with Crippen LogP contribution in [0.25, 0.3) is 5.69 Å². The van der Waals surface area contributed by atoms with Crippen molar-refractivity contribution in [2.45, 2.75) is 31.6 Å². The van der Waals surface area contributed by atoms with Gasteiger partial charge in [-0.2, -0.15) is 10.4 Å². The first kappa shape index (κ1) is 12.3. The van der Waals surface area contributed by atoms with E-state index >= 15 is 0 Å². The van der Waals surface area contributed by atoms with Gasteiger partial charge in [-0.05, 0) is 43.0 Å². The molecule has 0 amide bonds. The molecule has 1 unspecified atom stereocenters. The van der Waals surface area contributed by atoms with Gasteiger partial charge in [0.2, 0.25) is 0 Å². The zero-order valence-corrected chi connectivity index (χ0v) is 11.3. The van der Waals surface area contributed by atoms with E-state index < -0.39 is 0 Å². The summed E-state index contributed by atoms with van der Waals surface area (Å²) >= 11 is 6.04. The second-order valence-electron chi connectivity index (χ2n) is 4.89. The van der Waals surface area contributed by atoms with Crippen LogP contribution in [-0.4, -0.2) is 9.78 Å². The van der Waals surface area contributed by atoms with Gasteiger partial charge in [0.1, 0.15) is 0 Å². The van der Waals surface area contributed by atoms with Crippen LogP contribution in [0.5, 0.6) is 0 Å². The van der Waals surface area contributed by atoms with Crippen LogP contribution in [0.15, 0.2) is 30.5 Å². The van der Waals surface area contributed by atoms with Gasteiger partial charge >= 0.3 is 0 Å². The predicted octanol–water partition coefficient (Wildman–Crippen LogP) is 3.86. The molecule has 1 aliphatic carbocycles. The lowest BCUT2D eigenvalue weighted by Gasteiger charge is -2.21. The Morgan fingerprint density at radius 3 is 3.16 bits per heavy atom. The lowest BCUT2D eigenvalue weighted by atomic mass is 9.85. The van der Waals surface area contributed by atoms with E-state index in [2.05, 4.69) is 11.2 Å². The van der Waals surface area contributed by atoms with E-state index in [1.165, 1.54) is 11.3 Å². The monoisotopic (exact) mass is 271 g/mol. The summed E-state index contributed by atoms with van der Waals surface area (Å²) in [4.78, 5) is 0. The first-order valence-corrected chi connectivity index (χ1v) is 6.87. The third-order valence-corrected chi connectivity index (χ3v) is 3.93.